The molecule has 118 valence electrons. The van der Waals surface area contributed by atoms with Crippen molar-refractivity contribution in [3.63, 3.8) is 0 Å². The summed E-state index contributed by atoms with van der Waals surface area (Å²) in [6, 6.07) is 14.6. The SMILES string of the molecule is CN(C(=O)CC1Sc2ccccc2NC1=O)c1ccc(Cl)cc1. The van der Waals surface area contributed by atoms with Crippen molar-refractivity contribution in [3.05, 3.63) is 53.6 Å². The van der Waals surface area contributed by atoms with Crippen LogP contribution in [0.15, 0.2) is 53.4 Å². The van der Waals surface area contributed by atoms with Gasteiger partial charge in [-0.3, -0.25) is 9.59 Å². The number of thioether (sulfide) groups is 1. The Kier molecular flexibility index (Phi) is 4.59. The fourth-order valence-electron chi connectivity index (χ4n) is 2.33. The maximum absolute atomic E-state index is 12.5. The Hall–Kier alpha value is -1.98. The number of para-hydroxylation sites is 1. The van der Waals surface area contributed by atoms with Crippen molar-refractivity contribution in [2.75, 3.05) is 17.3 Å². The Bertz CT molecular complexity index is 749. The first-order valence-electron chi connectivity index (χ1n) is 7.13. The topological polar surface area (TPSA) is 49.4 Å². The first-order valence-corrected chi connectivity index (χ1v) is 8.39. The number of anilines is 2. The maximum Gasteiger partial charge on any atom is 0.238 e. The van der Waals surface area contributed by atoms with Crippen LogP contribution in [-0.2, 0) is 9.59 Å². The van der Waals surface area contributed by atoms with E-state index in [1.165, 1.54) is 11.8 Å². The van der Waals surface area contributed by atoms with Crippen LogP contribution in [0.3, 0.4) is 0 Å². The molecule has 0 bridgehead atoms. The minimum absolute atomic E-state index is 0.112. The first kappa shape index (κ1) is 15.9. The van der Waals surface area contributed by atoms with E-state index in [1.54, 1.807) is 36.2 Å². The molecular formula is C17H15ClN2O2S. The molecule has 1 N–H and O–H groups in total. The minimum Gasteiger partial charge on any atom is -0.324 e. The maximum atomic E-state index is 12.5. The highest BCUT2D eigenvalue weighted by molar-refractivity contribution is 8.01. The van der Waals surface area contributed by atoms with Gasteiger partial charge in [0.1, 0.15) is 0 Å². The number of nitrogens with zero attached hydrogens (tertiary/aromatic N) is 1. The third-order valence-corrected chi connectivity index (χ3v) is 5.18. The molecule has 1 atom stereocenters. The number of fused-ring (bicyclic) bond motifs is 1. The standard InChI is InChI=1S/C17H15ClN2O2S/c1-20(12-8-6-11(18)7-9-12)16(21)10-15-17(22)19-13-4-2-3-5-14(13)23-15/h2-9,15H,10H2,1H3,(H,19,22). The Morgan fingerprint density at radius 1 is 1.22 bits per heavy atom. The van der Waals surface area contributed by atoms with Crippen molar-refractivity contribution in [2.45, 2.75) is 16.6 Å². The van der Waals surface area contributed by atoms with Crippen LogP contribution in [0.2, 0.25) is 5.02 Å². The smallest absolute Gasteiger partial charge is 0.238 e. The van der Waals surface area contributed by atoms with Gasteiger partial charge in [0.2, 0.25) is 11.8 Å². The summed E-state index contributed by atoms with van der Waals surface area (Å²) in [5.41, 5.74) is 1.55. The zero-order chi connectivity index (χ0) is 16.4. The summed E-state index contributed by atoms with van der Waals surface area (Å²) in [7, 11) is 1.70. The van der Waals surface area contributed by atoms with E-state index < -0.39 is 5.25 Å². The van der Waals surface area contributed by atoms with E-state index in [0.717, 1.165) is 16.3 Å². The predicted octanol–water partition coefficient (Wildman–Crippen LogP) is 3.81. The molecule has 2 amide bonds. The van der Waals surface area contributed by atoms with Gasteiger partial charge in [0.15, 0.2) is 0 Å². The summed E-state index contributed by atoms with van der Waals surface area (Å²) in [5.74, 6) is -0.245. The Balaban J connectivity index is 1.70. The van der Waals surface area contributed by atoms with Crippen LogP contribution < -0.4 is 10.2 Å². The van der Waals surface area contributed by atoms with E-state index in [1.807, 2.05) is 24.3 Å². The molecule has 0 spiro atoms. The molecule has 1 unspecified atom stereocenters. The van der Waals surface area contributed by atoms with Crippen LogP contribution in [0.25, 0.3) is 0 Å². The summed E-state index contributed by atoms with van der Waals surface area (Å²) in [6.07, 6.45) is 0.143. The normalized spacial score (nSPS) is 16.4. The number of benzene rings is 2. The van der Waals surface area contributed by atoms with Crippen molar-refractivity contribution < 1.29 is 9.59 Å². The van der Waals surface area contributed by atoms with E-state index in [2.05, 4.69) is 5.32 Å². The third kappa shape index (κ3) is 3.51. The molecule has 23 heavy (non-hydrogen) atoms. The lowest BCUT2D eigenvalue weighted by molar-refractivity contribution is -0.122. The third-order valence-electron chi connectivity index (χ3n) is 3.65. The lowest BCUT2D eigenvalue weighted by Crippen LogP contribution is -2.35. The van der Waals surface area contributed by atoms with Gasteiger partial charge in [0.05, 0.1) is 10.9 Å². The number of amides is 2. The number of carbonyl (C=O) groups is 2. The van der Waals surface area contributed by atoms with Gasteiger partial charge in [0, 0.05) is 29.1 Å². The number of nitrogens with one attached hydrogen (secondary N) is 1. The average Bonchev–Trinajstić information content (AvgIpc) is 2.55. The molecule has 0 fully saturated rings. The number of hydrogen-bond acceptors (Lipinski definition) is 3. The highest BCUT2D eigenvalue weighted by atomic mass is 35.5. The second kappa shape index (κ2) is 6.64. The molecular weight excluding hydrogens is 332 g/mol. The van der Waals surface area contributed by atoms with Gasteiger partial charge in [-0.15, -0.1) is 11.8 Å². The van der Waals surface area contributed by atoms with E-state index >= 15 is 0 Å². The van der Waals surface area contributed by atoms with Gasteiger partial charge in [-0.2, -0.15) is 0 Å². The van der Waals surface area contributed by atoms with Gasteiger partial charge in [-0.25, -0.2) is 0 Å². The zero-order valence-electron chi connectivity index (χ0n) is 12.5. The molecule has 0 aliphatic carbocycles. The molecule has 0 radical (unpaired) electrons. The molecule has 1 aliphatic heterocycles. The lowest BCUT2D eigenvalue weighted by atomic mass is 10.2. The molecule has 4 nitrogen and oxygen atoms in total. The Morgan fingerprint density at radius 2 is 1.91 bits per heavy atom. The van der Waals surface area contributed by atoms with Gasteiger partial charge in [0.25, 0.3) is 0 Å². The molecule has 0 aromatic heterocycles. The molecule has 2 aromatic rings. The summed E-state index contributed by atoms with van der Waals surface area (Å²) >= 11 is 7.29. The fourth-order valence-corrected chi connectivity index (χ4v) is 3.56. The molecule has 6 heteroatoms. The predicted molar refractivity (Wildman–Crippen MR) is 94.2 cm³/mol. The molecule has 0 saturated heterocycles. The van der Waals surface area contributed by atoms with Gasteiger partial charge in [-0.1, -0.05) is 23.7 Å². The van der Waals surface area contributed by atoms with Gasteiger partial charge in [-0.05, 0) is 36.4 Å². The van der Waals surface area contributed by atoms with Crippen molar-refractivity contribution in [1.29, 1.82) is 0 Å². The van der Waals surface area contributed by atoms with Crippen LogP contribution >= 0.6 is 23.4 Å². The van der Waals surface area contributed by atoms with E-state index in [-0.39, 0.29) is 18.2 Å². The van der Waals surface area contributed by atoms with Gasteiger partial charge < -0.3 is 10.2 Å². The average molecular weight is 347 g/mol. The fraction of sp³-hybridized carbons (Fsp3) is 0.176. The first-order chi connectivity index (χ1) is 11.0. The largest absolute Gasteiger partial charge is 0.324 e. The van der Waals surface area contributed by atoms with Crippen molar-refractivity contribution >= 4 is 46.6 Å². The molecule has 1 heterocycles. The molecule has 2 aromatic carbocycles. The summed E-state index contributed by atoms with van der Waals surface area (Å²) in [5, 5.41) is 3.05. The molecule has 3 rings (SSSR count). The minimum atomic E-state index is -0.424. The highest BCUT2D eigenvalue weighted by Crippen LogP contribution is 2.36. The van der Waals surface area contributed by atoms with Crippen LogP contribution in [0.4, 0.5) is 11.4 Å². The van der Waals surface area contributed by atoms with Crippen LogP contribution in [0, 0.1) is 0 Å². The second-order valence-corrected chi connectivity index (χ2v) is 6.91. The molecule has 0 saturated carbocycles. The van der Waals surface area contributed by atoms with Crippen LogP contribution in [-0.4, -0.2) is 24.1 Å². The van der Waals surface area contributed by atoms with Crippen LogP contribution in [0.1, 0.15) is 6.42 Å². The van der Waals surface area contributed by atoms with Crippen molar-refractivity contribution in [3.8, 4) is 0 Å². The van der Waals surface area contributed by atoms with E-state index in [4.69, 9.17) is 11.6 Å². The number of rotatable bonds is 3. The quantitative estimate of drug-likeness (QED) is 0.919. The Morgan fingerprint density at radius 3 is 2.65 bits per heavy atom. The van der Waals surface area contributed by atoms with Gasteiger partial charge >= 0.3 is 0 Å². The van der Waals surface area contributed by atoms with Crippen molar-refractivity contribution in [1.82, 2.24) is 0 Å². The zero-order valence-corrected chi connectivity index (χ0v) is 14.0. The van der Waals surface area contributed by atoms with E-state index in [9.17, 15) is 9.59 Å². The summed E-state index contributed by atoms with van der Waals surface area (Å²) in [6.45, 7) is 0. The highest BCUT2D eigenvalue weighted by Gasteiger charge is 2.29. The monoisotopic (exact) mass is 346 g/mol. The summed E-state index contributed by atoms with van der Waals surface area (Å²) < 4.78 is 0. The summed E-state index contributed by atoms with van der Waals surface area (Å²) in [4.78, 5) is 27.2. The molecule has 1 aliphatic rings. The van der Waals surface area contributed by atoms with Crippen molar-refractivity contribution in [2.24, 2.45) is 0 Å². The second-order valence-electron chi connectivity index (χ2n) is 5.23. The van der Waals surface area contributed by atoms with E-state index in [0.29, 0.717) is 5.02 Å². The number of halogens is 1. The lowest BCUT2D eigenvalue weighted by Gasteiger charge is -2.25. The number of hydrogen-bond donors (Lipinski definition) is 1. The number of carbonyl (C=O) groups excluding carboxylic acids is 2. The van der Waals surface area contributed by atoms with Crippen LogP contribution in [0.5, 0.6) is 0 Å². The Labute approximate surface area is 143 Å².